The van der Waals surface area contributed by atoms with Gasteiger partial charge in [-0.05, 0) is 31.7 Å². The quantitative estimate of drug-likeness (QED) is 0.939. The van der Waals surface area contributed by atoms with Gasteiger partial charge in [0.25, 0.3) is 0 Å². The van der Waals surface area contributed by atoms with Crippen molar-refractivity contribution >= 4 is 0 Å². The van der Waals surface area contributed by atoms with Crippen LogP contribution in [0.4, 0.5) is 13.2 Å². The number of hydrogen-bond donors (Lipinski definition) is 1. The van der Waals surface area contributed by atoms with Gasteiger partial charge < -0.3 is 5.32 Å². The topological polar surface area (TPSA) is 37.8 Å². The Balaban J connectivity index is 2.57. The Morgan fingerprint density at radius 1 is 1.15 bits per heavy atom. The van der Waals surface area contributed by atoms with Gasteiger partial charge >= 0.3 is 6.18 Å². The van der Waals surface area contributed by atoms with Crippen LogP contribution in [0.15, 0.2) is 36.8 Å². The number of alkyl halides is 3. The zero-order valence-electron chi connectivity index (χ0n) is 11.1. The van der Waals surface area contributed by atoms with Crippen LogP contribution in [0.1, 0.15) is 28.4 Å². The third-order valence-electron chi connectivity index (χ3n) is 3.12. The molecule has 106 valence electrons. The molecule has 0 saturated carbocycles. The molecule has 20 heavy (non-hydrogen) atoms. The number of hydrogen-bond acceptors (Lipinski definition) is 3. The highest BCUT2D eigenvalue weighted by atomic mass is 19.4. The molecule has 0 saturated heterocycles. The first-order chi connectivity index (χ1) is 9.45. The predicted octanol–water partition coefficient (Wildman–Crippen LogP) is 3.11. The van der Waals surface area contributed by atoms with Gasteiger partial charge in [-0.1, -0.05) is 6.07 Å². The number of pyridine rings is 2. The van der Waals surface area contributed by atoms with Crippen molar-refractivity contribution in [2.75, 3.05) is 7.05 Å². The predicted molar refractivity (Wildman–Crippen MR) is 69.1 cm³/mol. The second kappa shape index (κ2) is 5.58. The molecule has 1 N–H and O–H groups in total. The number of halogens is 3. The molecule has 0 fully saturated rings. The zero-order chi connectivity index (χ0) is 14.8. The van der Waals surface area contributed by atoms with Gasteiger partial charge in [-0.2, -0.15) is 13.2 Å². The fourth-order valence-electron chi connectivity index (χ4n) is 2.18. The summed E-state index contributed by atoms with van der Waals surface area (Å²) in [6.45, 7) is 1.77. The Morgan fingerprint density at radius 3 is 2.50 bits per heavy atom. The minimum absolute atomic E-state index is 0.0959. The van der Waals surface area contributed by atoms with Crippen LogP contribution < -0.4 is 5.32 Å². The van der Waals surface area contributed by atoms with E-state index in [1.165, 1.54) is 6.20 Å². The Bertz CT molecular complexity index is 596. The molecule has 1 unspecified atom stereocenters. The van der Waals surface area contributed by atoms with Gasteiger partial charge in [0.15, 0.2) is 0 Å². The molecule has 2 aromatic heterocycles. The lowest BCUT2D eigenvalue weighted by atomic mass is 9.95. The first kappa shape index (κ1) is 14.5. The molecule has 0 bridgehead atoms. The lowest BCUT2D eigenvalue weighted by molar-refractivity contribution is -0.138. The maximum Gasteiger partial charge on any atom is 0.416 e. The maximum absolute atomic E-state index is 13.1. The number of nitrogens with zero attached hydrogens (tertiary/aromatic N) is 2. The average molecular weight is 281 g/mol. The van der Waals surface area contributed by atoms with Gasteiger partial charge in [0.2, 0.25) is 0 Å². The smallest absolute Gasteiger partial charge is 0.309 e. The van der Waals surface area contributed by atoms with E-state index in [-0.39, 0.29) is 5.56 Å². The molecule has 3 nitrogen and oxygen atoms in total. The molecule has 6 heteroatoms. The summed E-state index contributed by atoms with van der Waals surface area (Å²) in [5, 5.41) is 2.91. The van der Waals surface area contributed by atoms with Crippen LogP contribution in [0, 0.1) is 6.92 Å². The first-order valence-corrected chi connectivity index (χ1v) is 6.05. The molecule has 2 heterocycles. The first-order valence-electron chi connectivity index (χ1n) is 6.05. The average Bonchev–Trinajstić information content (AvgIpc) is 2.41. The normalized spacial score (nSPS) is 13.2. The van der Waals surface area contributed by atoms with Crippen molar-refractivity contribution in [3.8, 4) is 0 Å². The summed E-state index contributed by atoms with van der Waals surface area (Å²) >= 11 is 0. The number of nitrogens with one attached hydrogen (secondary N) is 1. The minimum atomic E-state index is -4.41. The van der Waals surface area contributed by atoms with Gasteiger partial charge in [-0.15, -0.1) is 0 Å². The highest BCUT2D eigenvalue weighted by Crippen LogP contribution is 2.36. The molecule has 0 aliphatic rings. The summed E-state index contributed by atoms with van der Waals surface area (Å²) in [5.74, 6) is 0. The molecule has 2 rings (SSSR count). The van der Waals surface area contributed by atoms with Crippen LogP contribution in [-0.2, 0) is 6.18 Å². The van der Waals surface area contributed by atoms with E-state index in [2.05, 4.69) is 15.3 Å². The van der Waals surface area contributed by atoms with E-state index in [1.807, 2.05) is 0 Å². The van der Waals surface area contributed by atoms with Crippen LogP contribution in [0.5, 0.6) is 0 Å². The standard InChI is InChI=1S/C14H14F3N3/c1-9-10(4-3-6-20-9)13(18-2)11-8-19-7-5-12(11)14(15,16)17/h3-8,13,18H,1-2H3. The second-order valence-corrected chi connectivity index (χ2v) is 4.36. The van der Waals surface area contributed by atoms with Crippen molar-refractivity contribution in [2.24, 2.45) is 0 Å². The van der Waals surface area contributed by atoms with Crippen molar-refractivity contribution in [3.05, 3.63) is 59.2 Å². The fourth-order valence-corrected chi connectivity index (χ4v) is 2.18. The minimum Gasteiger partial charge on any atom is -0.309 e. The zero-order valence-corrected chi connectivity index (χ0v) is 11.1. The van der Waals surface area contributed by atoms with Crippen molar-refractivity contribution in [3.63, 3.8) is 0 Å². The molecule has 0 amide bonds. The highest BCUT2D eigenvalue weighted by Gasteiger charge is 2.35. The van der Waals surface area contributed by atoms with Crippen LogP contribution in [0.3, 0.4) is 0 Å². The Labute approximate surface area is 114 Å². The summed E-state index contributed by atoms with van der Waals surface area (Å²) in [6, 6.07) is 3.85. The molecule has 1 atom stereocenters. The molecule has 0 radical (unpaired) electrons. The van der Waals surface area contributed by atoms with E-state index in [9.17, 15) is 13.2 Å². The second-order valence-electron chi connectivity index (χ2n) is 4.36. The SMILES string of the molecule is CNC(c1cnccc1C(F)(F)F)c1cccnc1C. The highest BCUT2D eigenvalue weighted by molar-refractivity contribution is 5.38. The van der Waals surface area contributed by atoms with Crippen LogP contribution in [0.2, 0.25) is 0 Å². The molecule has 0 aliphatic carbocycles. The van der Waals surface area contributed by atoms with Gasteiger partial charge in [-0.25, -0.2) is 0 Å². The molecule has 0 aromatic carbocycles. The van der Waals surface area contributed by atoms with E-state index < -0.39 is 17.8 Å². The summed E-state index contributed by atoms with van der Waals surface area (Å²) in [4.78, 5) is 7.95. The van der Waals surface area contributed by atoms with Crippen LogP contribution in [0.25, 0.3) is 0 Å². The summed E-state index contributed by atoms with van der Waals surface area (Å²) in [5.41, 5.74) is 0.797. The fraction of sp³-hybridized carbons (Fsp3) is 0.286. The molecule has 2 aromatic rings. The molecular weight excluding hydrogens is 267 g/mol. The van der Waals surface area contributed by atoms with E-state index >= 15 is 0 Å². The Morgan fingerprint density at radius 2 is 1.90 bits per heavy atom. The monoisotopic (exact) mass is 281 g/mol. The molecule has 0 spiro atoms. The van der Waals surface area contributed by atoms with E-state index in [0.717, 1.165) is 12.3 Å². The van der Waals surface area contributed by atoms with Crippen molar-refractivity contribution < 1.29 is 13.2 Å². The van der Waals surface area contributed by atoms with Gasteiger partial charge in [-0.3, -0.25) is 9.97 Å². The van der Waals surface area contributed by atoms with E-state index in [1.54, 1.807) is 32.3 Å². The number of rotatable bonds is 3. The van der Waals surface area contributed by atoms with Crippen molar-refractivity contribution in [1.82, 2.24) is 15.3 Å². The van der Waals surface area contributed by atoms with E-state index in [0.29, 0.717) is 11.3 Å². The van der Waals surface area contributed by atoms with Crippen molar-refractivity contribution in [1.29, 1.82) is 0 Å². The number of aryl methyl sites for hydroxylation is 1. The van der Waals surface area contributed by atoms with E-state index in [4.69, 9.17) is 0 Å². The van der Waals surface area contributed by atoms with Crippen LogP contribution >= 0.6 is 0 Å². The lowest BCUT2D eigenvalue weighted by Crippen LogP contribution is -2.23. The maximum atomic E-state index is 13.1. The molecule has 0 aliphatic heterocycles. The van der Waals surface area contributed by atoms with Gasteiger partial charge in [0, 0.05) is 29.8 Å². The third kappa shape index (κ3) is 2.80. The molecular formula is C14H14F3N3. The van der Waals surface area contributed by atoms with Crippen molar-refractivity contribution in [2.45, 2.75) is 19.1 Å². The summed E-state index contributed by atoms with van der Waals surface area (Å²) in [7, 11) is 1.62. The lowest BCUT2D eigenvalue weighted by Gasteiger charge is -2.22. The third-order valence-corrected chi connectivity index (χ3v) is 3.12. The van der Waals surface area contributed by atoms with Gasteiger partial charge in [0.05, 0.1) is 11.6 Å². The Hall–Kier alpha value is -1.95. The Kier molecular flexibility index (Phi) is 4.04. The van der Waals surface area contributed by atoms with Crippen LogP contribution in [-0.4, -0.2) is 17.0 Å². The summed E-state index contributed by atoms with van der Waals surface area (Å²) < 4.78 is 39.3. The van der Waals surface area contributed by atoms with Gasteiger partial charge in [0.1, 0.15) is 0 Å². The summed E-state index contributed by atoms with van der Waals surface area (Å²) in [6.07, 6.45) is -0.408. The largest absolute Gasteiger partial charge is 0.416 e. The number of aromatic nitrogens is 2.